The minimum atomic E-state index is -1.37. The van der Waals surface area contributed by atoms with Crippen LogP contribution in [-0.4, -0.2) is 29.0 Å². The zero-order valence-electron chi connectivity index (χ0n) is 11.5. The van der Waals surface area contributed by atoms with Crippen molar-refractivity contribution in [2.75, 3.05) is 5.32 Å². The van der Waals surface area contributed by atoms with Gasteiger partial charge in [0.15, 0.2) is 0 Å². The van der Waals surface area contributed by atoms with E-state index >= 15 is 0 Å². The third kappa shape index (κ3) is 2.66. The fourth-order valence-electron chi connectivity index (χ4n) is 2.86. The molecular formula is C14H10ClN2O6-. The lowest BCUT2D eigenvalue weighted by atomic mass is 9.82. The Morgan fingerprint density at radius 3 is 2.48 bits per heavy atom. The van der Waals surface area contributed by atoms with Crippen LogP contribution in [0.4, 0.5) is 11.4 Å². The Balaban J connectivity index is 1.82. The highest BCUT2D eigenvalue weighted by Gasteiger charge is 2.50. The van der Waals surface area contributed by atoms with Gasteiger partial charge in [-0.3, -0.25) is 14.9 Å². The zero-order chi connectivity index (χ0) is 16.7. The predicted molar refractivity (Wildman–Crippen MR) is 76.5 cm³/mol. The van der Waals surface area contributed by atoms with Crippen molar-refractivity contribution in [3.63, 3.8) is 0 Å². The number of fused-ring (bicyclic) bond motifs is 2. The normalized spacial score (nSPS) is 27.9. The number of nitro benzene ring substituents is 1. The number of nitrogens with one attached hydrogen (secondary N) is 1. The van der Waals surface area contributed by atoms with E-state index in [-0.39, 0.29) is 16.4 Å². The molecule has 1 N–H and O–H groups in total. The number of carboxylic acids is 1. The number of halogens is 1. The van der Waals surface area contributed by atoms with Crippen LogP contribution in [0.25, 0.3) is 0 Å². The van der Waals surface area contributed by atoms with Gasteiger partial charge in [0.05, 0.1) is 23.0 Å². The van der Waals surface area contributed by atoms with Crippen LogP contribution in [0.5, 0.6) is 0 Å². The van der Waals surface area contributed by atoms with E-state index in [1.807, 2.05) is 0 Å². The lowest BCUT2D eigenvalue weighted by Crippen LogP contribution is -2.45. The highest BCUT2D eigenvalue weighted by Crippen LogP contribution is 2.39. The Bertz CT molecular complexity index is 734. The van der Waals surface area contributed by atoms with E-state index in [4.69, 9.17) is 16.3 Å². The van der Waals surface area contributed by atoms with E-state index in [2.05, 4.69) is 5.32 Å². The molecule has 1 aromatic rings. The highest BCUT2D eigenvalue weighted by molar-refractivity contribution is 6.32. The Morgan fingerprint density at radius 2 is 1.87 bits per heavy atom. The van der Waals surface area contributed by atoms with Gasteiger partial charge in [-0.25, -0.2) is 0 Å². The van der Waals surface area contributed by atoms with Gasteiger partial charge < -0.3 is 20.0 Å². The number of carbonyl (C=O) groups is 2. The molecule has 0 aromatic heterocycles. The summed E-state index contributed by atoms with van der Waals surface area (Å²) in [7, 11) is 0. The van der Waals surface area contributed by atoms with E-state index in [0.29, 0.717) is 0 Å². The van der Waals surface area contributed by atoms with Crippen molar-refractivity contribution in [1.82, 2.24) is 0 Å². The first-order valence-electron chi connectivity index (χ1n) is 6.68. The van der Waals surface area contributed by atoms with E-state index in [0.717, 1.165) is 6.07 Å². The monoisotopic (exact) mass is 337 g/mol. The fraction of sp³-hybridized carbons (Fsp3) is 0.286. The number of rotatable bonds is 4. The first kappa shape index (κ1) is 15.4. The Hall–Kier alpha value is -2.45. The summed E-state index contributed by atoms with van der Waals surface area (Å²) in [5.41, 5.74) is -0.208. The molecule has 3 rings (SSSR count). The van der Waals surface area contributed by atoms with E-state index < -0.39 is 40.8 Å². The molecule has 1 aromatic carbocycles. The summed E-state index contributed by atoms with van der Waals surface area (Å²) in [6, 6.07) is 3.78. The van der Waals surface area contributed by atoms with E-state index in [1.165, 1.54) is 12.1 Å². The lowest BCUT2D eigenvalue weighted by Gasteiger charge is -2.24. The molecule has 1 saturated heterocycles. The van der Waals surface area contributed by atoms with Crippen LogP contribution in [0.2, 0.25) is 5.02 Å². The van der Waals surface area contributed by atoms with Crippen LogP contribution < -0.4 is 10.4 Å². The molecule has 9 heteroatoms. The predicted octanol–water partition coefficient (Wildman–Crippen LogP) is 0.506. The fourth-order valence-corrected chi connectivity index (χ4v) is 3.04. The molecule has 120 valence electrons. The van der Waals surface area contributed by atoms with Crippen molar-refractivity contribution < 1.29 is 24.4 Å². The van der Waals surface area contributed by atoms with Crippen molar-refractivity contribution in [2.24, 2.45) is 11.8 Å². The highest BCUT2D eigenvalue weighted by atomic mass is 35.5. The van der Waals surface area contributed by atoms with E-state index in [1.54, 1.807) is 12.2 Å². The van der Waals surface area contributed by atoms with Crippen LogP contribution in [0.3, 0.4) is 0 Å². The summed E-state index contributed by atoms with van der Waals surface area (Å²) in [6.07, 6.45) is 1.87. The number of ether oxygens (including phenoxy) is 1. The largest absolute Gasteiger partial charge is 0.550 e. The lowest BCUT2D eigenvalue weighted by molar-refractivity contribution is -0.384. The maximum atomic E-state index is 12.4. The van der Waals surface area contributed by atoms with Gasteiger partial charge in [-0.1, -0.05) is 23.8 Å². The number of anilines is 1. The number of amides is 1. The van der Waals surface area contributed by atoms with Gasteiger partial charge in [-0.15, -0.1) is 0 Å². The average molecular weight is 338 g/mol. The Labute approximate surface area is 134 Å². The average Bonchev–Trinajstić information content (AvgIpc) is 3.09. The molecule has 1 fully saturated rings. The maximum Gasteiger partial charge on any atom is 0.289 e. The Kier molecular flexibility index (Phi) is 3.78. The molecule has 2 aliphatic heterocycles. The Morgan fingerprint density at radius 1 is 1.22 bits per heavy atom. The molecule has 23 heavy (non-hydrogen) atoms. The first-order valence-corrected chi connectivity index (χ1v) is 7.05. The summed E-state index contributed by atoms with van der Waals surface area (Å²) >= 11 is 5.70. The van der Waals surface area contributed by atoms with E-state index in [9.17, 15) is 24.8 Å². The van der Waals surface area contributed by atoms with Crippen molar-refractivity contribution in [3.8, 4) is 0 Å². The standard InChI is InChI=1S/C14H11ClN2O6/c15-7-2-1-6(5-8(7)17(21)22)16-13(18)11-9-3-4-10(23-9)12(11)14(19)20/h1-5,9-12H,(H,16,18)(H,19,20)/p-1/t9-,10+,11+,12+/m1/s1. The molecule has 4 atom stereocenters. The summed E-state index contributed by atoms with van der Waals surface area (Å²) in [5, 5.41) is 24.5. The zero-order valence-corrected chi connectivity index (χ0v) is 12.2. The number of nitrogens with zero attached hydrogens (tertiary/aromatic N) is 1. The quantitative estimate of drug-likeness (QED) is 0.485. The van der Waals surface area contributed by atoms with Gasteiger partial charge in [0.2, 0.25) is 5.91 Å². The molecule has 2 heterocycles. The van der Waals surface area contributed by atoms with Gasteiger partial charge in [-0.05, 0) is 12.1 Å². The molecule has 1 amide bonds. The van der Waals surface area contributed by atoms with Gasteiger partial charge in [0.25, 0.3) is 5.69 Å². The second kappa shape index (κ2) is 5.64. The topological polar surface area (TPSA) is 122 Å². The van der Waals surface area contributed by atoms with Crippen molar-refractivity contribution in [1.29, 1.82) is 0 Å². The summed E-state index contributed by atoms with van der Waals surface area (Å²) in [5.74, 6) is -4.02. The molecule has 8 nitrogen and oxygen atoms in total. The van der Waals surface area contributed by atoms with Crippen molar-refractivity contribution in [3.05, 3.63) is 45.5 Å². The minimum Gasteiger partial charge on any atom is -0.550 e. The maximum absolute atomic E-state index is 12.4. The molecule has 0 radical (unpaired) electrons. The number of carbonyl (C=O) groups excluding carboxylic acids is 2. The molecule has 2 bridgehead atoms. The van der Waals surface area contributed by atoms with Crippen LogP contribution >= 0.6 is 11.6 Å². The summed E-state index contributed by atoms with van der Waals surface area (Å²) in [4.78, 5) is 33.8. The van der Waals surface area contributed by atoms with Crippen LogP contribution in [0.1, 0.15) is 0 Å². The second-order valence-electron chi connectivity index (χ2n) is 5.23. The number of hydrogen-bond acceptors (Lipinski definition) is 6. The first-order chi connectivity index (χ1) is 10.9. The number of carboxylic acid groups (broad SMARTS) is 1. The molecule has 0 unspecified atom stereocenters. The van der Waals surface area contributed by atoms with Crippen LogP contribution in [0.15, 0.2) is 30.4 Å². The third-order valence-electron chi connectivity index (χ3n) is 3.88. The van der Waals surface area contributed by atoms with Gasteiger partial charge in [-0.2, -0.15) is 0 Å². The van der Waals surface area contributed by atoms with Gasteiger partial charge >= 0.3 is 0 Å². The minimum absolute atomic E-state index is 0.0631. The number of benzene rings is 1. The number of aliphatic carboxylic acids is 1. The summed E-state index contributed by atoms with van der Waals surface area (Å²) < 4.78 is 5.38. The van der Waals surface area contributed by atoms with Crippen molar-refractivity contribution in [2.45, 2.75) is 12.2 Å². The SMILES string of the molecule is O=C([O-])[C@@H]1[C@@H](C(=O)Nc2ccc(Cl)c([N+](=O)[O-])c2)[C@H]2C=C[C@@H]1O2. The molecular weight excluding hydrogens is 328 g/mol. The number of nitro groups is 1. The second-order valence-corrected chi connectivity index (χ2v) is 5.64. The summed E-state index contributed by atoms with van der Waals surface area (Å²) in [6.45, 7) is 0. The molecule has 0 spiro atoms. The van der Waals surface area contributed by atoms with Crippen molar-refractivity contribution >= 4 is 34.9 Å². The number of hydrogen-bond donors (Lipinski definition) is 1. The molecule has 0 aliphatic carbocycles. The third-order valence-corrected chi connectivity index (χ3v) is 4.20. The van der Waals surface area contributed by atoms with Crippen LogP contribution in [-0.2, 0) is 14.3 Å². The molecule has 0 saturated carbocycles. The smallest absolute Gasteiger partial charge is 0.289 e. The molecule has 2 aliphatic rings. The van der Waals surface area contributed by atoms with Crippen LogP contribution in [0, 0.1) is 22.0 Å². The van der Waals surface area contributed by atoms with Gasteiger partial charge in [0.1, 0.15) is 5.02 Å². The van der Waals surface area contributed by atoms with Gasteiger partial charge in [0, 0.05) is 23.6 Å².